The average Bonchev–Trinajstić information content (AvgIpc) is 2.45. The van der Waals surface area contributed by atoms with E-state index in [0.29, 0.717) is 12.2 Å². The van der Waals surface area contributed by atoms with Crippen molar-refractivity contribution in [3.05, 3.63) is 24.3 Å². The number of rotatable bonds is 6. The Labute approximate surface area is 114 Å². The molecule has 0 heterocycles. The normalized spacial score (nSPS) is 25.8. The van der Waals surface area contributed by atoms with E-state index < -0.39 is 0 Å². The maximum Gasteiger partial charge on any atom is 0.146 e. The molecule has 104 valence electrons. The van der Waals surface area contributed by atoms with E-state index in [1.54, 1.807) is 0 Å². The summed E-state index contributed by atoms with van der Waals surface area (Å²) in [6.07, 6.45) is 2.36. The highest BCUT2D eigenvalue weighted by Crippen LogP contribution is 2.42. The molecule has 0 N–H and O–H groups in total. The standard InChI is InChI=1S/C16H22O3/c1-4-10-18-12-6-8-13(9-7-12)19-15-11-14(17)16(15,3)5-2/h6-9,15H,4-5,10-11H2,1-3H3. The molecule has 0 amide bonds. The quantitative estimate of drug-likeness (QED) is 0.785. The van der Waals surface area contributed by atoms with E-state index in [1.165, 1.54) is 0 Å². The van der Waals surface area contributed by atoms with E-state index in [1.807, 2.05) is 38.1 Å². The van der Waals surface area contributed by atoms with Gasteiger partial charge in [-0.05, 0) is 44.0 Å². The van der Waals surface area contributed by atoms with Gasteiger partial charge in [0.15, 0.2) is 0 Å². The fourth-order valence-corrected chi connectivity index (χ4v) is 2.27. The lowest BCUT2D eigenvalue weighted by atomic mass is 9.64. The molecule has 19 heavy (non-hydrogen) atoms. The van der Waals surface area contributed by atoms with Crippen molar-refractivity contribution in [2.75, 3.05) is 6.61 Å². The Morgan fingerprint density at radius 2 is 1.84 bits per heavy atom. The summed E-state index contributed by atoms with van der Waals surface area (Å²) in [6.45, 7) is 6.83. The van der Waals surface area contributed by atoms with Gasteiger partial charge < -0.3 is 9.47 Å². The van der Waals surface area contributed by atoms with Crippen molar-refractivity contribution < 1.29 is 14.3 Å². The van der Waals surface area contributed by atoms with Crippen molar-refractivity contribution >= 4 is 5.78 Å². The predicted octanol–water partition coefficient (Wildman–Crippen LogP) is 3.61. The van der Waals surface area contributed by atoms with E-state index in [-0.39, 0.29) is 11.5 Å². The summed E-state index contributed by atoms with van der Waals surface area (Å²) in [7, 11) is 0. The minimum absolute atomic E-state index is 0.00686. The first-order valence-electron chi connectivity index (χ1n) is 7.03. The molecule has 0 spiro atoms. The van der Waals surface area contributed by atoms with Crippen LogP contribution in [0.15, 0.2) is 24.3 Å². The molecule has 0 radical (unpaired) electrons. The summed E-state index contributed by atoms with van der Waals surface area (Å²) in [4.78, 5) is 11.7. The number of carbonyl (C=O) groups excluding carboxylic acids is 1. The molecule has 1 aliphatic carbocycles. The molecule has 3 nitrogen and oxygen atoms in total. The molecule has 0 aromatic heterocycles. The third-order valence-electron chi connectivity index (χ3n) is 4.03. The Morgan fingerprint density at radius 1 is 1.21 bits per heavy atom. The van der Waals surface area contributed by atoms with E-state index >= 15 is 0 Å². The number of carbonyl (C=O) groups is 1. The minimum atomic E-state index is -0.308. The van der Waals surface area contributed by atoms with Gasteiger partial charge in [-0.3, -0.25) is 4.79 Å². The SMILES string of the molecule is CCCOc1ccc(OC2CC(=O)C2(C)CC)cc1. The highest BCUT2D eigenvalue weighted by Gasteiger charge is 2.51. The lowest BCUT2D eigenvalue weighted by Gasteiger charge is -2.44. The van der Waals surface area contributed by atoms with Crippen LogP contribution in [-0.2, 0) is 4.79 Å². The molecular weight excluding hydrogens is 240 g/mol. The first-order valence-corrected chi connectivity index (χ1v) is 7.03. The van der Waals surface area contributed by atoms with Gasteiger partial charge in [-0.2, -0.15) is 0 Å². The first-order chi connectivity index (χ1) is 9.10. The van der Waals surface area contributed by atoms with Gasteiger partial charge in [-0.25, -0.2) is 0 Å². The van der Waals surface area contributed by atoms with Crippen LogP contribution in [0.2, 0.25) is 0 Å². The van der Waals surface area contributed by atoms with E-state index in [4.69, 9.17) is 9.47 Å². The molecular formula is C16H22O3. The maximum atomic E-state index is 11.7. The summed E-state index contributed by atoms with van der Waals surface area (Å²) in [6, 6.07) is 7.64. The lowest BCUT2D eigenvalue weighted by molar-refractivity contribution is -0.150. The molecule has 2 rings (SSSR count). The lowest BCUT2D eigenvalue weighted by Crippen LogP contribution is -2.54. The number of ether oxygens (including phenoxy) is 2. The van der Waals surface area contributed by atoms with Crippen molar-refractivity contribution in [2.45, 2.75) is 46.1 Å². The number of benzene rings is 1. The Bertz CT molecular complexity index is 438. The molecule has 1 aliphatic rings. The van der Waals surface area contributed by atoms with Gasteiger partial charge in [0.25, 0.3) is 0 Å². The molecule has 2 unspecified atom stereocenters. The molecule has 1 fully saturated rings. The first kappa shape index (κ1) is 13.9. The van der Waals surface area contributed by atoms with Crippen molar-refractivity contribution in [1.29, 1.82) is 0 Å². The van der Waals surface area contributed by atoms with Crippen LogP contribution >= 0.6 is 0 Å². The Balaban J connectivity index is 1.95. The predicted molar refractivity (Wildman–Crippen MR) is 74.7 cm³/mol. The monoisotopic (exact) mass is 262 g/mol. The van der Waals surface area contributed by atoms with Gasteiger partial charge in [-0.15, -0.1) is 0 Å². The third-order valence-corrected chi connectivity index (χ3v) is 4.03. The van der Waals surface area contributed by atoms with Gasteiger partial charge in [0.2, 0.25) is 0 Å². The van der Waals surface area contributed by atoms with Crippen LogP contribution in [0.5, 0.6) is 11.5 Å². The molecule has 1 aromatic carbocycles. The molecule has 1 saturated carbocycles. The largest absolute Gasteiger partial charge is 0.494 e. The molecule has 1 aromatic rings. The summed E-state index contributed by atoms with van der Waals surface area (Å²) < 4.78 is 11.4. The topological polar surface area (TPSA) is 35.5 Å². The second-order valence-corrected chi connectivity index (χ2v) is 5.32. The second kappa shape index (κ2) is 5.64. The fourth-order valence-electron chi connectivity index (χ4n) is 2.27. The smallest absolute Gasteiger partial charge is 0.146 e. The van der Waals surface area contributed by atoms with Gasteiger partial charge in [0.05, 0.1) is 12.0 Å². The minimum Gasteiger partial charge on any atom is -0.494 e. The summed E-state index contributed by atoms with van der Waals surface area (Å²) in [5.41, 5.74) is -0.308. The van der Waals surface area contributed by atoms with Crippen LogP contribution in [0.1, 0.15) is 40.0 Å². The zero-order valence-electron chi connectivity index (χ0n) is 11.9. The molecule has 2 atom stereocenters. The van der Waals surface area contributed by atoms with Crippen molar-refractivity contribution in [2.24, 2.45) is 5.41 Å². The van der Waals surface area contributed by atoms with Crippen molar-refractivity contribution in [3.63, 3.8) is 0 Å². The van der Waals surface area contributed by atoms with E-state index in [9.17, 15) is 4.79 Å². The molecule has 0 aliphatic heterocycles. The van der Waals surface area contributed by atoms with Crippen molar-refractivity contribution in [1.82, 2.24) is 0 Å². The Morgan fingerprint density at radius 3 is 2.37 bits per heavy atom. The zero-order valence-corrected chi connectivity index (χ0v) is 11.9. The average molecular weight is 262 g/mol. The van der Waals surface area contributed by atoms with Gasteiger partial charge in [-0.1, -0.05) is 13.8 Å². The van der Waals surface area contributed by atoms with Crippen molar-refractivity contribution in [3.8, 4) is 11.5 Å². The second-order valence-electron chi connectivity index (χ2n) is 5.32. The summed E-state index contributed by atoms with van der Waals surface area (Å²) in [5, 5.41) is 0. The number of ketones is 1. The third kappa shape index (κ3) is 2.75. The number of hydrogen-bond donors (Lipinski definition) is 0. The van der Waals surface area contributed by atoms with Crippen LogP contribution in [0.25, 0.3) is 0 Å². The van der Waals surface area contributed by atoms with Gasteiger partial charge >= 0.3 is 0 Å². The zero-order chi connectivity index (χ0) is 13.9. The fraction of sp³-hybridized carbons (Fsp3) is 0.562. The number of Topliss-reactive ketones (excluding diaryl/α,β-unsaturated/α-hetero) is 1. The van der Waals surface area contributed by atoms with Crippen LogP contribution in [0, 0.1) is 5.41 Å². The Hall–Kier alpha value is -1.51. The molecule has 3 heteroatoms. The number of hydrogen-bond acceptors (Lipinski definition) is 3. The molecule has 0 bridgehead atoms. The molecule has 0 saturated heterocycles. The highest BCUT2D eigenvalue weighted by atomic mass is 16.5. The maximum absolute atomic E-state index is 11.7. The van der Waals surface area contributed by atoms with Crippen LogP contribution in [0.4, 0.5) is 0 Å². The van der Waals surface area contributed by atoms with Crippen LogP contribution in [-0.4, -0.2) is 18.5 Å². The van der Waals surface area contributed by atoms with Gasteiger partial charge in [0.1, 0.15) is 23.4 Å². The van der Waals surface area contributed by atoms with Crippen LogP contribution in [0.3, 0.4) is 0 Å². The van der Waals surface area contributed by atoms with E-state index in [0.717, 1.165) is 30.9 Å². The summed E-state index contributed by atoms with van der Waals surface area (Å²) in [5.74, 6) is 1.97. The van der Waals surface area contributed by atoms with Crippen LogP contribution < -0.4 is 9.47 Å². The van der Waals surface area contributed by atoms with Gasteiger partial charge in [0, 0.05) is 6.42 Å². The van der Waals surface area contributed by atoms with E-state index in [2.05, 4.69) is 6.92 Å². The Kier molecular flexibility index (Phi) is 4.13. The summed E-state index contributed by atoms with van der Waals surface area (Å²) >= 11 is 0. The highest BCUT2D eigenvalue weighted by molar-refractivity contribution is 5.92.